The van der Waals surface area contributed by atoms with Gasteiger partial charge in [0.05, 0.1) is 25.2 Å². The maximum absolute atomic E-state index is 10.1. The Morgan fingerprint density at radius 3 is 2.95 bits per heavy atom. The molecule has 0 fully saturated rings. The predicted molar refractivity (Wildman–Crippen MR) is 72.7 cm³/mol. The lowest BCUT2D eigenvalue weighted by Crippen LogP contribution is -2.23. The molecule has 2 unspecified atom stereocenters. The first-order valence-corrected chi connectivity index (χ1v) is 6.57. The first-order chi connectivity index (χ1) is 9.78. The molecule has 4 nitrogen and oxygen atoms in total. The Labute approximate surface area is 116 Å². The van der Waals surface area contributed by atoms with E-state index in [1.54, 1.807) is 19.2 Å². The highest BCUT2D eigenvalue weighted by Crippen LogP contribution is 2.53. The summed E-state index contributed by atoms with van der Waals surface area (Å²) in [5.74, 6) is 2.60. The SMILES string of the molecule is COc1ccc2c(c1)OC1c3c(O)cccc3OCC21. The minimum atomic E-state index is -0.193. The zero-order valence-corrected chi connectivity index (χ0v) is 11.0. The van der Waals surface area contributed by atoms with E-state index in [1.165, 1.54) is 0 Å². The second-order valence-corrected chi connectivity index (χ2v) is 5.05. The highest BCUT2D eigenvalue weighted by Gasteiger charge is 2.42. The fourth-order valence-corrected chi connectivity index (χ4v) is 2.99. The van der Waals surface area contributed by atoms with Gasteiger partial charge >= 0.3 is 0 Å². The van der Waals surface area contributed by atoms with Gasteiger partial charge in [-0.2, -0.15) is 0 Å². The number of methoxy groups -OCH3 is 1. The fourth-order valence-electron chi connectivity index (χ4n) is 2.99. The maximum atomic E-state index is 10.1. The monoisotopic (exact) mass is 270 g/mol. The van der Waals surface area contributed by atoms with Crippen LogP contribution in [0.2, 0.25) is 0 Å². The third-order valence-corrected chi connectivity index (χ3v) is 3.99. The molecule has 2 aromatic carbocycles. The molecule has 20 heavy (non-hydrogen) atoms. The lowest BCUT2D eigenvalue weighted by atomic mass is 9.89. The number of benzene rings is 2. The van der Waals surface area contributed by atoms with Crippen LogP contribution in [0, 0.1) is 0 Å². The summed E-state index contributed by atoms with van der Waals surface area (Å²) >= 11 is 0. The summed E-state index contributed by atoms with van der Waals surface area (Å²) in [6, 6.07) is 11.1. The summed E-state index contributed by atoms with van der Waals surface area (Å²) in [7, 11) is 1.63. The molecule has 0 bridgehead atoms. The average Bonchev–Trinajstić information content (AvgIpc) is 2.84. The third kappa shape index (κ3) is 1.48. The molecule has 2 aromatic rings. The number of hydrogen-bond acceptors (Lipinski definition) is 4. The zero-order chi connectivity index (χ0) is 13.7. The van der Waals surface area contributed by atoms with Gasteiger partial charge in [-0.1, -0.05) is 12.1 Å². The standard InChI is InChI=1S/C16H14O4/c1-18-9-5-6-10-11-8-19-13-4-2-3-12(17)15(13)16(11)20-14(10)7-9/h2-7,11,16-17H,8H2,1H3. The van der Waals surface area contributed by atoms with E-state index < -0.39 is 0 Å². The van der Waals surface area contributed by atoms with Crippen molar-refractivity contribution in [3.8, 4) is 23.0 Å². The van der Waals surface area contributed by atoms with E-state index in [9.17, 15) is 5.11 Å². The van der Waals surface area contributed by atoms with Crippen LogP contribution in [0.25, 0.3) is 0 Å². The van der Waals surface area contributed by atoms with Crippen LogP contribution < -0.4 is 14.2 Å². The van der Waals surface area contributed by atoms with E-state index in [-0.39, 0.29) is 17.8 Å². The second-order valence-electron chi connectivity index (χ2n) is 5.05. The summed E-state index contributed by atoms with van der Waals surface area (Å²) in [5, 5.41) is 10.1. The Kier molecular flexibility index (Phi) is 2.33. The lowest BCUT2D eigenvalue weighted by Gasteiger charge is -2.28. The number of phenolic OH excluding ortho intramolecular Hbond substituents is 1. The molecular formula is C16H14O4. The van der Waals surface area contributed by atoms with Crippen LogP contribution in [0.1, 0.15) is 23.1 Å². The molecule has 0 aromatic heterocycles. The molecule has 0 saturated carbocycles. The van der Waals surface area contributed by atoms with Crippen molar-refractivity contribution in [1.82, 2.24) is 0 Å². The Balaban J connectivity index is 1.82. The van der Waals surface area contributed by atoms with E-state index in [2.05, 4.69) is 0 Å². The number of fused-ring (bicyclic) bond motifs is 5. The Bertz CT molecular complexity index is 680. The molecule has 1 N–H and O–H groups in total. The number of phenols is 1. The van der Waals surface area contributed by atoms with E-state index in [1.807, 2.05) is 24.3 Å². The van der Waals surface area contributed by atoms with Crippen molar-refractivity contribution in [3.05, 3.63) is 47.5 Å². The molecule has 2 aliphatic heterocycles. The van der Waals surface area contributed by atoms with Gasteiger partial charge in [0.2, 0.25) is 0 Å². The first-order valence-electron chi connectivity index (χ1n) is 6.57. The van der Waals surface area contributed by atoms with Gasteiger partial charge < -0.3 is 19.3 Å². The normalized spacial score (nSPS) is 22.1. The smallest absolute Gasteiger partial charge is 0.141 e. The van der Waals surface area contributed by atoms with Gasteiger partial charge in [-0.25, -0.2) is 0 Å². The van der Waals surface area contributed by atoms with Crippen molar-refractivity contribution in [2.24, 2.45) is 0 Å². The average molecular weight is 270 g/mol. The summed E-state index contributed by atoms with van der Waals surface area (Å²) in [4.78, 5) is 0. The minimum Gasteiger partial charge on any atom is -0.507 e. The highest BCUT2D eigenvalue weighted by atomic mass is 16.5. The first kappa shape index (κ1) is 11.5. The molecule has 4 heteroatoms. The van der Waals surface area contributed by atoms with E-state index in [0.29, 0.717) is 12.4 Å². The molecular weight excluding hydrogens is 256 g/mol. The van der Waals surface area contributed by atoms with Gasteiger partial charge in [-0.05, 0) is 18.2 Å². The molecule has 2 aliphatic rings. The maximum Gasteiger partial charge on any atom is 0.141 e. The minimum absolute atomic E-state index is 0.108. The van der Waals surface area contributed by atoms with Crippen LogP contribution in [0.3, 0.4) is 0 Å². The lowest BCUT2D eigenvalue weighted by molar-refractivity contribution is 0.136. The van der Waals surface area contributed by atoms with Crippen molar-refractivity contribution in [2.75, 3.05) is 13.7 Å². The molecule has 0 amide bonds. The molecule has 0 spiro atoms. The van der Waals surface area contributed by atoms with Crippen molar-refractivity contribution in [3.63, 3.8) is 0 Å². The summed E-state index contributed by atoms with van der Waals surface area (Å²) in [5.41, 5.74) is 1.84. The molecule has 2 atom stereocenters. The van der Waals surface area contributed by atoms with Crippen molar-refractivity contribution in [1.29, 1.82) is 0 Å². The molecule has 0 radical (unpaired) electrons. The third-order valence-electron chi connectivity index (χ3n) is 3.99. The van der Waals surface area contributed by atoms with Crippen LogP contribution in [0.4, 0.5) is 0 Å². The van der Waals surface area contributed by atoms with Gasteiger partial charge in [-0.15, -0.1) is 0 Å². The number of aromatic hydroxyl groups is 1. The number of ether oxygens (including phenoxy) is 3. The van der Waals surface area contributed by atoms with Crippen LogP contribution in [-0.2, 0) is 0 Å². The van der Waals surface area contributed by atoms with E-state index in [0.717, 1.165) is 22.6 Å². The quantitative estimate of drug-likeness (QED) is 0.865. The molecule has 0 aliphatic carbocycles. The van der Waals surface area contributed by atoms with Crippen molar-refractivity contribution < 1.29 is 19.3 Å². The van der Waals surface area contributed by atoms with Crippen LogP contribution in [0.15, 0.2) is 36.4 Å². The van der Waals surface area contributed by atoms with Gasteiger partial charge in [-0.3, -0.25) is 0 Å². The van der Waals surface area contributed by atoms with Gasteiger partial charge in [0.1, 0.15) is 29.1 Å². The van der Waals surface area contributed by atoms with E-state index in [4.69, 9.17) is 14.2 Å². The second kappa shape index (κ2) is 4.07. The van der Waals surface area contributed by atoms with E-state index >= 15 is 0 Å². The number of hydrogen-bond donors (Lipinski definition) is 1. The van der Waals surface area contributed by atoms with Crippen LogP contribution in [-0.4, -0.2) is 18.8 Å². The molecule has 0 saturated heterocycles. The van der Waals surface area contributed by atoms with Crippen molar-refractivity contribution in [2.45, 2.75) is 12.0 Å². The molecule has 4 rings (SSSR count). The van der Waals surface area contributed by atoms with Gasteiger partial charge in [0.25, 0.3) is 0 Å². The molecule has 102 valence electrons. The topological polar surface area (TPSA) is 47.9 Å². The predicted octanol–water partition coefficient (Wildman–Crippen LogP) is 3.01. The Morgan fingerprint density at radius 2 is 2.10 bits per heavy atom. The Hall–Kier alpha value is -2.36. The molecule has 2 heterocycles. The number of rotatable bonds is 1. The van der Waals surface area contributed by atoms with Crippen molar-refractivity contribution >= 4 is 0 Å². The zero-order valence-electron chi connectivity index (χ0n) is 11.0. The summed E-state index contributed by atoms with van der Waals surface area (Å²) in [6.07, 6.45) is -0.193. The van der Waals surface area contributed by atoms with Crippen LogP contribution >= 0.6 is 0 Å². The summed E-state index contributed by atoms with van der Waals surface area (Å²) < 4.78 is 17.0. The summed E-state index contributed by atoms with van der Waals surface area (Å²) in [6.45, 7) is 0.556. The fraction of sp³-hybridized carbons (Fsp3) is 0.250. The van der Waals surface area contributed by atoms with Gasteiger partial charge in [0.15, 0.2) is 0 Å². The highest BCUT2D eigenvalue weighted by molar-refractivity contribution is 5.54. The van der Waals surface area contributed by atoms with Crippen LogP contribution in [0.5, 0.6) is 23.0 Å². The van der Waals surface area contributed by atoms with Gasteiger partial charge in [0, 0.05) is 11.6 Å². The largest absolute Gasteiger partial charge is 0.507 e. The Morgan fingerprint density at radius 1 is 1.20 bits per heavy atom.